The van der Waals surface area contributed by atoms with Gasteiger partial charge in [-0.25, -0.2) is 10.4 Å². The van der Waals surface area contributed by atoms with Crippen molar-refractivity contribution in [2.75, 3.05) is 13.1 Å². The third kappa shape index (κ3) is 3.44. The quantitative estimate of drug-likeness (QED) is 0.397. The molecule has 0 spiro atoms. The highest BCUT2D eigenvalue weighted by atomic mass is 16.3. The van der Waals surface area contributed by atoms with Crippen LogP contribution in [0.15, 0.2) is 21.7 Å². The first-order valence-electron chi connectivity index (χ1n) is 12.9. The van der Waals surface area contributed by atoms with Crippen molar-refractivity contribution >= 4 is 12.2 Å². The normalized spacial score (nSPS) is 48.6. The molecule has 0 bridgehead atoms. The van der Waals surface area contributed by atoms with Crippen molar-refractivity contribution in [2.24, 2.45) is 44.6 Å². The lowest BCUT2D eigenvalue weighted by Crippen LogP contribution is -2.62. The largest absolute Gasteiger partial charge is 0.393 e. The van der Waals surface area contributed by atoms with Crippen molar-refractivity contribution < 1.29 is 10.2 Å². The number of aliphatic imine (C=N–C) groups is 1. The van der Waals surface area contributed by atoms with Gasteiger partial charge in [0.25, 0.3) is 0 Å². The molecule has 0 amide bonds. The second kappa shape index (κ2) is 8.12. The number of guanidine groups is 1. The Kier molecular flexibility index (Phi) is 5.68. The van der Waals surface area contributed by atoms with Crippen LogP contribution < -0.4 is 10.7 Å². The van der Waals surface area contributed by atoms with Gasteiger partial charge in [0.1, 0.15) is 0 Å². The molecule has 0 aromatic carbocycles. The van der Waals surface area contributed by atoms with Crippen LogP contribution in [0.5, 0.6) is 0 Å². The maximum atomic E-state index is 12.0. The van der Waals surface area contributed by atoms with E-state index < -0.39 is 5.60 Å². The predicted molar refractivity (Wildman–Crippen MR) is 128 cm³/mol. The number of aliphatic hydroxyl groups is 2. The highest BCUT2D eigenvalue weighted by molar-refractivity contribution is 5.84. The number of hydrogen-bond donors (Lipinski definition) is 4. The minimum Gasteiger partial charge on any atom is -0.393 e. The van der Waals surface area contributed by atoms with E-state index in [2.05, 4.69) is 47.7 Å². The molecule has 4 saturated carbocycles. The van der Waals surface area contributed by atoms with Crippen LogP contribution in [0, 0.1) is 34.5 Å². The molecule has 5 rings (SSSR count). The summed E-state index contributed by atoms with van der Waals surface area (Å²) >= 11 is 0. The molecule has 4 fully saturated rings. The molecule has 6 heteroatoms. The molecule has 32 heavy (non-hydrogen) atoms. The van der Waals surface area contributed by atoms with Gasteiger partial charge in [0.05, 0.1) is 18.2 Å². The maximum Gasteiger partial charge on any atom is 0.212 e. The van der Waals surface area contributed by atoms with Gasteiger partial charge in [-0.2, -0.15) is 5.10 Å². The highest BCUT2D eigenvalue weighted by Crippen LogP contribution is 2.68. The molecule has 0 aromatic rings. The molecule has 4 aliphatic carbocycles. The van der Waals surface area contributed by atoms with Gasteiger partial charge in [-0.1, -0.05) is 19.9 Å². The van der Waals surface area contributed by atoms with Crippen LogP contribution in [0.4, 0.5) is 0 Å². The highest BCUT2D eigenvalue weighted by Gasteiger charge is 2.65. The third-order valence-corrected chi connectivity index (χ3v) is 10.4. The summed E-state index contributed by atoms with van der Waals surface area (Å²) in [7, 11) is 0. The van der Waals surface area contributed by atoms with E-state index in [1.807, 2.05) is 6.21 Å². The fourth-order valence-corrected chi connectivity index (χ4v) is 8.62. The Balaban J connectivity index is 1.41. The summed E-state index contributed by atoms with van der Waals surface area (Å²) in [5, 5.41) is 30.3. The molecule has 5 aliphatic rings. The zero-order valence-corrected chi connectivity index (χ0v) is 20.1. The van der Waals surface area contributed by atoms with Crippen molar-refractivity contribution in [3.8, 4) is 0 Å². The molecule has 0 aromatic heterocycles. The Morgan fingerprint density at radius 3 is 2.78 bits per heavy atom. The average molecular weight is 443 g/mol. The molecular formula is C26H42N4O2. The van der Waals surface area contributed by atoms with E-state index in [1.54, 1.807) is 0 Å². The predicted octanol–water partition coefficient (Wildman–Crippen LogP) is 3.60. The molecule has 0 radical (unpaired) electrons. The van der Waals surface area contributed by atoms with Crippen LogP contribution in [0.25, 0.3) is 0 Å². The third-order valence-electron chi connectivity index (χ3n) is 10.4. The maximum absolute atomic E-state index is 12.0. The van der Waals surface area contributed by atoms with Crippen molar-refractivity contribution in [1.82, 2.24) is 10.7 Å². The summed E-state index contributed by atoms with van der Waals surface area (Å²) in [4.78, 5) is 4.31. The summed E-state index contributed by atoms with van der Waals surface area (Å²) in [5.41, 5.74) is 3.84. The van der Waals surface area contributed by atoms with Gasteiger partial charge in [0.15, 0.2) is 0 Å². The van der Waals surface area contributed by atoms with Gasteiger partial charge in [-0.15, -0.1) is 0 Å². The van der Waals surface area contributed by atoms with Crippen LogP contribution in [0.2, 0.25) is 0 Å². The molecule has 1 aliphatic heterocycles. The zero-order valence-electron chi connectivity index (χ0n) is 20.1. The van der Waals surface area contributed by atoms with Gasteiger partial charge in [-0.3, -0.25) is 0 Å². The number of nitrogens with one attached hydrogen (secondary N) is 2. The number of rotatable bonds is 3. The Hall–Kier alpha value is -1.40. The number of hydrogen-bond acceptors (Lipinski definition) is 6. The molecule has 1 heterocycles. The van der Waals surface area contributed by atoms with Gasteiger partial charge in [0.2, 0.25) is 5.96 Å². The Bertz CT molecular complexity index is 825. The average Bonchev–Trinajstić information content (AvgIpc) is 3.36. The number of allylic oxidation sites excluding steroid dienone is 2. The minimum absolute atomic E-state index is 0.0993. The van der Waals surface area contributed by atoms with E-state index >= 15 is 0 Å². The van der Waals surface area contributed by atoms with E-state index in [4.69, 9.17) is 0 Å². The lowest BCUT2D eigenvalue weighted by Gasteiger charge is -2.64. The monoisotopic (exact) mass is 442 g/mol. The second-order valence-corrected chi connectivity index (χ2v) is 11.9. The van der Waals surface area contributed by atoms with Crippen LogP contribution in [0.3, 0.4) is 0 Å². The van der Waals surface area contributed by atoms with E-state index in [9.17, 15) is 10.2 Å². The van der Waals surface area contributed by atoms with Crippen LogP contribution >= 0.6 is 0 Å². The lowest BCUT2D eigenvalue weighted by molar-refractivity contribution is -0.211. The fraction of sp³-hybridized carbons (Fsp3) is 0.846. The number of fused-ring (bicyclic) bond motifs is 5. The second-order valence-electron chi connectivity index (χ2n) is 11.9. The Morgan fingerprint density at radius 1 is 1.16 bits per heavy atom. The molecular weight excluding hydrogens is 400 g/mol. The molecule has 8 atom stereocenters. The molecule has 178 valence electrons. The standard InChI is InChI=1S/C26H42N4O2/c1-17(16-29-30-23-27-11-12-28-23)13-19-15-20(31)14-18-5-6-22-21(25(18,19)3)7-10-24(2)8-4-9-26(22,24)32/h13,16,18-22,31-32H,4-12,14-15H2,1-3H3,(H2,27,28,30)/b17-13+,29-16+/t18-,19?,20-,21+,22-,24+,25-,26+/m1/s1. The van der Waals surface area contributed by atoms with Crippen LogP contribution in [-0.2, 0) is 0 Å². The van der Waals surface area contributed by atoms with E-state index in [0.717, 1.165) is 63.1 Å². The molecule has 0 saturated heterocycles. The summed E-state index contributed by atoms with van der Waals surface area (Å²) in [6, 6.07) is 0. The molecule has 1 unspecified atom stereocenters. The molecule has 6 nitrogen and oxygen atoms in total. The van der Waals surface area contributed by atoms with Gasteiger partial charge < -0.3 is 15.5 Å². The van der Waals surface area contributed by atoms with Crippen molar-refractivity contribution in [2.45, 2.75) is 90.3 Å². The Morgan fingerprint density at radius 2 is 2.00 bits per heavy atom. The van der Waals surface area contributed by atoms with Gasteiger partial charge >= 0.3 is 0 Å². The van der Waals surface area contributed by atoms with Crippen molar-refractivity contribution in [3.05, 3.63) is 11.6 Å². The minimum atomic E-state index is -0.496. The van der Waals surface area contributed by atoms with E-state index in [-0.39, 0.29) is 16.9 Å². The van der Waals surface area contributed by atoms with Gasteiger partial charge in [0, 0.05) is 12.8 Å². The zero-order chi connectivity index (χ0) is 22.6. The first-order valence-corrected chi connectivity index (χ1v) is 12.9. The number of hydrazone groups is 1. The topological polar surface area (TPSA) is 89.2 Å². The SMILES string of the molecule is CC(/C=N/NC1=NCCN1)=C\C1C[C@H](O)C[C@H]2CC[C@@H]3[C@H](CC[C@]4(C)CCC[C@]34O)[C@@]12C. The smallest absolute Gasteiger partial charge is 0.212 e. The first kappa shape index (κ1) is 22.4. The van der Waals surface area contributed by atoms with Crippen molar-refractivity contribution in [3.63, 3.8) is 0 Å². The first-order chi connectivity index (χ1) is 15.3. The lowest BCUT2D eigenvalue weighted by atomic mass is 9.41. The Labute approximate surface area is 193 Å². The number of aliphatic hydroxyl groups excluding tert-OH is 1. The summed E-state index contributed by atoms with van der Waals surface area (Å²) in [6.45, 7) is 8.60. The summed E-state index contributed by atoms with van der Waals surface area (Å²) < 4.78 is 0. The molecule has 4 N–H and O–H groups in total. The van der Waals surface area contributed by atoms with E-state index in [0.29, 0.717) is 23.7 Å². The van der Waals surface area contributed by atoms with E-state index in [1.165, 1.54) is 19.3 Å². The summed E-state index contributed by atoms with van der Waals surface area (Å²) in [5.74, 6) is 2.51. The van der Waals surface area contributed by atoms with Crippen molar-refractivity contribution in [1.29, 1.82) is 0 Å². The van der Waals surface area contributed by atoms with Crippen LogP contribution in [-0.4, -0.2) is 47.2 Å². The van der Waals surface area contributed by atoms with Gasteiger partial charge in [-0.05, 0) is 105 Å². The summed E-state index contributed by atoms with van der Waals surface area (Å²) in [6.07, 6.45) is 13.7. The number of nitrogens with zero attached hydrogens (tertiary/aromatic N) is 2. The fourth-order valence-electron chi connectivity index (χ4n) is 8.62. The van der Waals surface area contributed by atoms with Crippen LogP contribution in [0.1, 0.15) is 78.6 Å².